The minimum absolute atomic E-state index is 0.0186. The number of nitrogens with two attached hydrogens (primary N) is 2. The van der Waals surface area contributed by atoms with Gasteiger partial charge < -0.3 is 13.7 Å². The number of rotatable bonds is 11. The molecule has 1 aliphatic carbocycles. The summed E-state index contributed by atoms with van der Waals surface area (Å²) in [5, 5.41) is 1.97. The van der Waals surface area contributed by atoms with E-state index in [1.807, 2.05) is 23.2 Å². The first kappa shape index (κ1) is 25.3. The second kappa shape index (κ2) is 11.6. The Kier molecular flexibility index (Phi) is 9.78. The lowest BCUT2D eigenvalue weighted by atomic mass is 9.89. The molecule has 1 aromatic carbocycles. The molecule has 0 amide bonds. The minimum Gasteiger partial charge on any atom is -0.412 e. The Morgan fingerprint density at radius 3 is 2.50 bits per heavy atom. The highest BCUT2D eigenvalue weighted by Crippen LogP contribution is 2.25. The molecule has 1 aliphatic rings. The fourth-order valence-corrected chi connectivity index (χ4v) is 7.01. The third-order valence-electron chi connectivity index (χ3n) is 5.45. The molecule has 0 aromatic heterocycles. The molecule has 1 unspecified atom stereocenters. The van der Waals surface area contributed by atoms with Crippen LogP contribution in [0.3, 0.4) is 0 Å². The van der Waals surface area contributed by atoms with Crippen LogP contribution in [0.25, 0.3) is 0 Å². The fourth-order valence-electron chi connectivity index (χ4n) is 4.49. The molecule has 2 rings (SSSR count). The summed E-state index contributed by atoms with van der Waals surface area (Å²) in [6, 6.07) is 7.90. The van der Waals surface area contributed by atoms with Crippen molar-refractivity contribution in [2.24, 2.45) is 17.7 Å². The average molecular weight is 438 g/mol. The summed E-state index contributed by atoms with van der Waals surface area (Å²) in [6.45, 7) is 12.1. The number of hydrogen-bond acceptors (Lipinski definition) is 6. The van der Waals surface area contributed by atoms with E-state index in [9.17, 15) is 0 Å². The molecule has 1 fully saturated rings. The van der Waals surface area contributed by atoms with E-state index in [-0.39, 0.29) is 11.7 Å². The first-order valence-corrected chi connectivity index (χ1v) is 14.2. The quantitative estimate of drug-likeness (QED) is 0.301. The van der Waals surface area contributed by atoms with Gasteiger partial charge in [-0.25, -0.2) is 5.01 Å². The topological polar surface area (TPSA) is 83.0 Å². The smallest absolute Gasteiger partial charge is 0.332 e. The summed E-state index contributed by atoms with van der Waals surface area (Å²) in [5.74, 6) is 13.2. The molecule has 0 saturated heterocycles. The molecule has 0 spiro atoms. The maximum absolute atomic E-state index is 6.59. The van der Waals surface area contributed by atoms with Crippen molar-refractivity contribution in [3.05, 3.63) is 29.8 Å². The van der Waals surface area contributed by atoms with E-state index in [0.717, 1.165) is 19.4 Å². The highest BCUT2D eigenvalue weighted by Gasteiger charge is 2.34. The molecule has 6 nitrogen and oxygen atoms in total. The maximum Gasteiger partial charge on any atom is 0.332 e. The number of hydrogen-bond donors (Lipinski definition) is 2. The second-order valence-electron chi connectivity index (χ2n) is 10.1. The van der Waals surface area contributed by atoms with Crippen molar-refractivity contribution >= 4 is 8.56 Å². The van der Waals surface area contributed by atoms with E-state index in [1.54, 1.807) is 0 Å². The van der Waals surface area contributed by atoms with Crippen molar-refractivity contribution in [1.29, 1.82) is 0 Å². The van der Waals surface area contributed by atoms with Gasteiger partial charge in [-0.3, -0.25) is 5.84 Å². The fraction of sp³-hybridized carbons (Fsp3) is 0.739. The van der Waals surface area contributed by atoms with Crippen LogP contribution in [0.5, 0.6) is 5.75 Å². The van der Waals surface area contributed by atoms with E-state index < -0.39 is 8.56 Å². The van der Waals surface area contributed by atoms with Crippen molar-refractivity contribution in [1.82, 2.24) is 5.01 Å². The molecule has 4 N–H and O–H groups in total. The summed E-state index contributed by atoms with van der Waals surface area (Å²) in [6.07, 6.45) is 8.37. The Labute approximate surface area is 184 Å². The Balaban J connectivity index is 2.00. The van der Waals surface area contributed by atoms with Gasteiger partial charge in [0.05, 0.1) is 11.7 Å². The monoisotopic (exact) mass is 437 g/mol. The molecule has 7 heteroatoms. The molecule has 172 valence electrons. The molecule has 30 heavy (non-hydrogen) atoms. The van der Waals surface area contributed by atoms with Crippen LogP contribution in [-0.4, -0.2) is 38.4 Å². The van der Waals surface area contributed by atoms with Gasteiger partial charge in [-0.1, -0.05) is 31.4 Å². The first-order valence-electron chi connectivity index (χ1n) is 11.4. The second-order valence-corrected chi connectivity index (χ2v) is 13.4. The summed E-state index contributed by atoms with van der Waals surface area (Å²) >= 11 is 0. The van der Waals surface area contributed by atoms with Crippen LogP contribution in [0.15, 0.2) is 24.3 Å². The zero-order valence-electron chi connectivity index (χ0n) is 19.7. The van der Waals surface area contributed by atoms with E-state index in [2.05, 4.69) is 39.9 Å². The van der Waals surface area contributed by atoms with Crippen LogP contribution in [0.2, 0.25) is 13.1 Å². The van der Waals surface area contributed by atoms with Gasteiger partial charge in [-0.15, -0.1) is 0 Å². The van der Waals surface area contributed by atoms with Crippen molar-refractivity contribution in [3.63, 3.8) is 0 Å². The molecule has 1 aromatic rings. The Hall–Kier alpha value is -0.963. The van der Waals surface area contributed by atoms with Gasteiger partial charge in [0.25, 0.3) is 0 Å². The summed E-state index contributed by atoms with van der Waals surface area (Å²) in [4.78, 5) is 4.87. The van der Waals surface area contributed by atoms with Gasteiger partial charge in [0.2, 0.25) is 0 Å². The maximum atomic E-state index is 6.59. The van der Waals surface area contributed by atoms with Crippen LogP contribution in [0, 0.1) is 5.92 Å². The Bertz CT molecular complexity index is 630. The third-order valence-corrected chi connectivity index (χ3v) is 7.45. The van der Waals surface area contributed by atoms with Gasteiger partial charge in [-0.2, -0.15) is 5.90 Å². The molecule has 0 aliphatic heterocycles. The number of benzene rings is 1. The van der Waals surface area contributed by atoms with Gasteiger partial charge in [0, 0.05) is 13.1 Å². The largest absolute Gasteiger partial charge is 0.412 e. The van der Waals surface area contributed by atoms with Gasteiger partial charge in [-0.05, 0) is 83.2 Å². The minimum atomic E-state index is -2.30. The van der Waals surface area contributed by atoms with Gasteiger partial charge in [0.15, 0.2) is 0 Å². The molecule has 1 saturated carbocycles. The van der Waals surface area contributed by atoms with Crippen LogP contribution in [0.4, 0.5) is 0 Å². The van der Waals surface area contributed by atoms with Crippen LogP contribution >= 0.6 is 0 Å². The lowest BCUT2D eigenvalue weighted by molar-refractivity contribution is 0.0294. The number of nitrogens with zero attached hydrogens (tertiary/aromatic N) is 1. The van der Waals surface area contributed by atoms with Crippen LogP contribution < -0.4 is 16.6 Å². The summed E-state index contributed by atoms with van der Waals surface area (Å²) in [7, 11) is -2.30. The lowest BCUT2D eigenvalue weighted by Crippen LogP contribution is -2.49. The SMILES string of the molecule is CC(C)(C)O[Si](C)(C)OC(CCc1cccc(ON)c1)CN(N)CC1CCCCC1. The normalized spacial score (nSPS) is 17.3. The highest BCUT2D eigenvalue weighted by molar-refractivity contribution is 6.64. The average Bonchev–Trinajstić information content (AvgIpc) is 2.64. The zero-order valence-corrected chi connectivity index (χ0v) is 20.7. The van der Waals surface area contributed by atoms with E-state index >= 15 is 0 Å². The first-order chi connectivity index (χ1) is 14.1. The molecular formula is C23H43N3O3Si. The van der Waals surface area contributed by atoms with Crippen molar-refractivity contribution in [2.45, 2.75) is 90.5 Å². The zero-order chi connectivity index (χ0) is 22.2. The number of aryl methyl sites for hydroxylation is 1. The summed E-state index contributed by atoms with van der Waals surface area (Å²) < 4.78 is 12.9. The molecule has 0 radical (unpaired) electrons. The van der Waals surface area contributed by atoms with E-state index in [1.165, 1.54) is 37.7 Å². The van der Waals surface area contributed by atoms with Crippen molar-refractivity contribution in [3.8, 4) is 5.75 Å². The summed E-state index contributed by atoms with van der Waals surface area (Å²) in [5.41, 5.74) is 0.955. The van der Waals surface area contributed by atoms with Crippen molar-refractivity contribution in [2.75, 3.05) is 13.1 Å². The predicted molar refractivity (Wildman–Crippen MR) is 125 cm³/mol. The highest BCUT2D eigenvalue weighted by atomic mass is 28.4. The van der Waals surface area contributed by atoms with E-state index in [4.69, 9.17) is 25.4 Å². The predicted octanol–water partition coefficient (Wildman–Crippen LogP) is 4.53. The van der Waals surface area contributed by atoms with E-state index in [0.29, 0.717) is 18.2 Å². The third kappa shape index (κ3) is 9.90. The molecular weight excluding hydrogens is 394 g/mol. The standard InChI is InChI=1S/C23H43N3O3Si/c1-23(2,3)29-30(4,5)28-22(15-14-19-12-9-13-21(16-19)27-25)18-26(24)17-20-10-7-6-8-11-20/h9,12-13,16,20,22H,6-8,10-11,14-15,17-18,24-25H2,1-5H3. The lowest BCUT2D eigenvalue weighted by Gasteiger charge is -2.36. The van der Waals surface area contributed by atoms with Gasteiger partial charge >= 0.3 is 8.56 Å². The van der Waals surface area contributed by atoms with Gasteiger partial charge in [0.1, 0.15) is 5.75 Å². The Morgan fingerprint density at radius 1 is 1.17 bits per heavy atom. The molecule has 0 bridgehead atoms. The van der Waals surface area contributed by atoms with Crippen molar-refractivity contribution < 1.29 is 13.7 Å². The number of hydrazine groups is 1. The molecule has 1 atom stereocenters. The van der Waals surface area contributed by atoms with Crippen LogP contribution in [0.1, 0.15) is 64.9 Å². The molecule has 0 heterocycles. The van der Waals surface area contributed by atoms with Crippen LogP contribution in [-0.2, 0) is 15.3 Å². The Morgan fingerprint density at radius 2 is 1.87 bits per heavy atom.